The van der Waals surface area contributed by atoms with E-state index in [0.29, 0.717) is 10.8 Å². The van der Waals surface area contributed by atoms with E-state index in [1.54, 1.807) is 0 Å². The molecule has 2 heterocycles. The number of benzene rings is 1. The first-order valence-corrected chi connectivity index (χ1v) is 7.34. The van der Waals surface area contributed by atoms with E-state index in [1.165, 1.54) is 0 Å². The molecule has 0 fully saturated rings. The summed E-state index contributed by atoms with van der Waals surface area (Å²) in [6.45, 7) is 2.16. The number of pyridine rings is 2. The number of aromatic nitrogens is 1. The third-order valence-corrected chi connectivity index (χ3v) is 4.02. The Morgan fingerprint density at radius 3 is 2.80 bits per heavy atom. The smallest absolute Gasteiger partial charge is 0.240 e. The number of hydrogen-bond acceptors (Lipinski definition) is 1. The van der Waals surface area contributed by atoms with Gasteiger partial charge in [-0.1, -0.05) is 31.0 Å². The van der Waals surface area contributed by atoms with E-state index in [0.717, 1.165) is 41.2 Å². The highest BCUT2D eigenvalue weighted by Crippen LogP contribution is 2.33. The maximum absolute atomic E-state index is 10.6. The number of unbranched alkanes of at least 4 members (excludes halogenated alkanes) is 1. The molecular formula is C17H17ClNO+. The highest BCUT2D eigenvalue weighted by Gasteiger charge is 2.21. The molecular weight excluding hydrogens is 270 g/mol. The lowest BCUT2D eigenvalue weighted by Crippen LogP contribution is -2.24. The molecule has 102 valence electrons. The number of hydrogen-bond donors (Lipinski definition) is 1. The van der Waals surface area contributed by atoms with Gasteiger partial charge in [0.05, 0.1) is 10.9 Å². The lowest BCUT2D eigenvalue weighted by atomic mass is 10.0. The number of halogens is 1. The van der Waals surface area contributed by atoms with Crippen molar-refractivity contribution >= 4 is 28.0 Å². The lowest BCUT2D eigenvalue weighted by molar-refractivity contribution is -0.482. The molecule has 0 aliphatic heterocycles. The summed E-state index contributed by atoms with van der Waals surface area (Å²) in [4.78, 5) is 0. The topological polar surface area (TPSA) is 24.3 Å². The van der Waals surface area contributed by atoms with E-state index in [1.807, 2.05) is 42.6 Å². The number of aromatic hydroxyl groups is 1. The summed E-state index contributed by atoms with van der Waals surface area (Å²) in [5.41, 5.74) is 2.89. The second-order valence-corrected chi connectivity index (χ2v) is 5.43. The van der Waals surface area contributed by atoms with Crippen LogP contribution in [-0.4, -0.2) is 5.11 Å². The molecule has 1 N–H and O–H groups in total. The molecule has 1 aromatic carbocycles. The first-order valence-electron chi connectivity index (χ1n) is 6.96. The van der Waals surface area contributed by atoms with Crippen LogP contribution in [0.5, 0.6) is 5.75 Å². The Morgan fingerprint density at radius 1 is 1.15 bits per heavy atom. The molecule has 0 saturated heterocycles. The van der Waals surface area contributed by atoms with E-state index >= 15 is 0 Å². The van der Waals surface area contributed by atoms with Crippen molar-refractivity contribution in [1.29, 1.82) is 0 Å². The van der Waals surface area contributed by atoms with Gasteiger partial charge in [-0.2, -0.15) is 4.40 Å². The van der Waals surface area contributed by atoms with Crippen molar-refractivity contribution in [2.24, 2.45) is 0 Å². The summed E-state index contributed by atoms with van der Waals surface area (Å²) >= 11 is 6.33. The molecule has 0 aliphatic rings. The van der Waals surface area contributed by atoms with Gasteiger partial charge < -0.3 is 5.11 Å². The Labute approximate surface area is 123 Å². The molecule has 0 bridgehead atoms. The minimum Gasteiger partial charge on any atom is -0.507 e. The first kappa shape index (κ1) is 13.2. The molecule has 0 spiro atoms. The standard InChI is InChI=1S/C17H16ClNO/c1-2-3-7-12-15-10-4-5-11-19(15)16-13(17(12)20)8-6-9-14(16)18/h4-6,8-11H,2-3,7H2,1H3/p+1. The fraction of sp³-hybridized carbons (Fsp3) is 0.235. The van der Waals surface area contributed by atoms with Crippen LogP contribution in [0.15, 0.2) is 42.6 Å². The normalized spacial score (nSPS) is 11.3. The average molecular weight is 287 g/mol. The van der Waals surface area contributed by atoms with Crippen LogP contribution in [0.4, 0.5) is 0 Å². The number of fused-ring (bicyclic) bond motifs is 3. The van der Waals surface area contributed by atoms with Gasteiger partial charge in [0.1, 0.15) is 10.8 Å². The Morgan fingerprint density at radius 2 is 2.00 bits per heavy atom. The van der Waals surface area contributed by atoms with E-state index in [-0.39, 0.29) is 0 Å². The molecule has 2 aromatic heterocycles. The Bertz CT molecular complexity index is 783. The summed E-state index contributed by atoms with van der Waals surface area (Å²) in [7, 11) is 0. The average Bonchev–Trinajstić information content (AvgIpc) is 2.47. The zero-order valence-corrected chi connectivity index (χ0v) is 12.2. The molecule has 0 saturated carbocycles. The van der Waals surface area contributed by atoms with Crippen molar-refractivity contribution in [2.45, 2.75) is 26.2 Å². The highest BCUT2D eigenvalue weighted by atomic mass is 35.5. The maximum atomic E-state index is 10.6. The second kappa shape index (κ2) is 5.29. The van der Waals surface area contributed by atoms with Crippen LogP contribution < -0.4 is 4.40 Å². The van der Waals surface area contributed by atoms with Crippen molar-refractivity contribution in [1.82, 2.24) is 0 Å². The molecule has 20 heavy (non-hydrogen) atoms. The molecule has 3 heteroatoms. The largest absolute Gasteiger partial charge is 0.507 e. The summed E-state index contributed by atoms with van der Waals surface area (Å²) in [6, 6.07) is 11.7. The first-order chi connectivity index (χ1) is 9.74. The van der Waals surface area contributed by atoms with Crippen molar-refractivity contribution in [3.8, 4) is 5.75 Å². The quantitative estimate of drug-likeness (QED) is 0.564. The molecule has 3 aromatic rings. The molecule has 3 rings (SSSR count). The summed E-state index contributed by atoms with van der Waals surface area (Å²) < 4.78 is 2.07. The van der Waals surface area contributed by atoms with E-state index in [4.69, 9.17) is 11.6 Å². The van der Waals surface area contributed by atoms with Gasteiger partial charge in [-0.25, -0.2) is 0 Å². The Hall–Kier alpha value is -1.80. The predicted octanol–water partition coefficient (Wildman–Crippen LogP) is 4.28. The zero-order chi connectivity index (χ0) is 14.1. The van der Waals surface area contributed by atoms with Crippen molar-refractivity contribution < 1.29 is 9.51 Å². The van der Waals surface area contributed by atoms with Gasteiger partial charge in [-0.3, -0.25) is 0 Å². The second-order valence-electron chi connectivity index (χ2n) is 5.02. The van der Waals surface area contributed by atoms with Gasteiger partial charge in [0.2, 0.25) is 11.0 Å². The lowest BCUT2D eigenvalue weighted by Gasteiger charge is -2.08. The van der Waals surface area contributed by atoms with Gasteiger partial charge in [-0.05, 0) is 31.0 Å². The number of rotatable bonds is 3. The summed E-state index contributed by atoms with van der Waals surface area (Å²) in [6.07, 6.45) is 5.03. The molecule has 0 unspecified atom stereocenters. The van der Waals surface area contributed by atoms with Crippen LogP contribution in [0, 0.1) is 0 Å². The van der Waals surface area contributed by atoms with Crippen molar-refractivity contribution in [3.63, 3.8) is 0 Å². The number of aryl methyl sites for hydroxylation is 1. The Balaban J connectivity index is 2.45. The van der Waals surface area contributed by atoms with Crippen molar-refractivity contribution in [3.05, 3.63) is 53.2 Å². The van der Waals surface area contributed by atoms with Gasteiger partial charge in [0.15, 0.2) is 6.20 Å². The molecule has 0 amide bonds. The summed E-state index contributed by atoms with van der Waals surface area (Å²) in [5, 5.41) is 12.1. The van der Waals surface area contributed by atoms with E-state index < -0.39 is 0 Å². The highest BCUT2D eigenvalue weighted by molar-refractivity contribution is 6.34. The zero-order valence-electron chi connectivity index (χ0n) is 11.4. The monoisotopic (exact) mass is 286 g/mol. The van der Waals surface area contributed by atoms with Crippen LogP contribution in [0.3, 0.4) is 0 Å². The van der Waals surface area contributed by atoms with Gasteiger partial charge in [0, 0.05) is 12.1 Å². The molecule has 0 aliphatic carbocycles. The molecule has 0 atom stereocenters. The van der Waals surface area contributed by atoms with E-state index in [9.17, 15) is 5.11 Å². The third-order valence-electron chi connectivity index (χ3n) is 3.72. The van der Waals surface area contributed by atoms with Crippen LogP contribution >= 0.6 is 11.6 Å². The van der Waals surface area contributed by atoms with Crippen LogP contribution in [0.2, 0.25) is 5.02 Å². The van der Waals surface area contributed by atoms with Crippen LogP contribution in [0.25, 0.3) is 16.4 Å². The molecule has 2 nitrogen and oxygen atoms in total. The minimum atomic E-state index is 0.363. The minimum absolute atomic E-state index is 0.363. The van der Waals surface area contributed by atoms with Crippen LogP contribution in [0.1, 0.15) is 25.3 Å². The summed E-state index contributed by atoms with van der Waals surface area (Å²) in [5.74, 6) is 0.363. The van der Waals surface area contributed by atoms with E-state index in [2.05, 4.69) is 11.3 Å². The number of nitrogens with zero attached hydrogens (tertiary/aromatic N) is 1. The number of para-hydroxylation sites is 1. The SMILES string of the molecule is CCCCc1c(O)c2cccc(Cl)c2[n+]2ccccc12. The van der Waals surface area contributed by atoms with Crippen molar-refractivity contribution in [2.75, 3.05) is 0 Å². The molecule has 0 radical (unpaired) electrons. The van der Waals surface area contributed by atoms with Crippen LogP contribution in [-0.2, 0) is 6.42 Å². The maximum Gasteiger partial charge on any atom is 0.240 e. The Kier molecular flexibility index (Phi) is 3.49. The fourth-order valence-electron chi connectivity index (χ4n) is 2.72. The van der Waals surface area contributed by atoms with Gasteiger partial charge in [0.25, 0.3) is 0 Å². The third kappa shape index (κ3) is 2.01. The fourth-order valence-corrected chi connectivity index (χ4v) is 2.98. The van der Waals surface area contributed by atoms with Gasteiger partial charge in [-0.15, -0.1) is 0 Å². The van der Waals surface area contributed by atoms with Gasteiger partial charge >= 0.3 is 0 Å². The predicted molar refractivity (Wildman–Crippen MR) is 82.4 cm³/mol.